The lowest BCUT2D eigenvalue weighted by molar-refractivity contribution is -0.129. The van der Waals surface area contributed by atoms with Crippen LogP contribution in [0.25, 0.3) is 0 Å². The average Bonchev–Trinajstić information content (AvgIpc) is 2.39. The number of carbonyl (C=O) groups is 1. The molecule has 0 saturated carbocycles. The first-order chi connectivity index (χ1) is 9.02. The Bertz CT molecular complexity index is 393. The summed E-state index contributed by atoms with van der Waals surface area (Å²) < 4.78 is 6.68. The third-order valence-electron chi connectivity index (χ3n) is 2.79. The summed E-state index contributed by atoms with van der Waals surface area (Å²) in [6.45, 7) is 4.64. The maximum Gasteiger partial charge on any atom is 0.236 e. The summed E-state index contributed by atoms with van der Waals surface area (Å²) >= 11 is 3.38. The zero-order valence-corrected chi connectivity index (χ0v) is 13.3. The average molecular weight is 329 g/mol. The maximum atomic E-state index is 11.6. The molecule has 1 aromatic carbocycles. The van der Waals surface area contributed by atoms with Crippen molar-refractivity contribution in [3.8, 4) is 5.75 Å². The smallest absolute Gasteiger partial charge is 0.236 e. The van der Waals surface area contributed by atoms with Gasteiger partial charge < -0.3 is 9.64 Å². The van der Waals surface area contributed by atoms with Crippen LogP contribution in [0.3, 0.4) is 0 Å². The Kier molecular flexibility index (Phi) is 6.87. The third kappa shape index (κ3) is 6.07. The van der Waals surface area contributed by atoms with E-state index in [0.29, 0.717) is 13.2 Å². The number of benzene rings is 1. The molecular formula is C14H21BrN2O2. The molecule has 0 fully saturated rings. The first-order valence-corrected chi connectivity index (χ1v) is 7.13. The molecule has 0 aliphatic heterocycles. The number of nitrogens with zero attached hydrogens (tertiary/aromatic N) is 2. The van der Waals surface area contributed by atoms with E-state index in [9.17, 15) is 4.79 Å². The van der Waals surface area contributed by atoms with Gasteiger partial charge in [0.15, 0.2) is 0 Å². The summed E-state index contributed by atoms with van der Waals surface area (Å²) in [6.07, 6.45) is 0. The number of hydrogen-bond acceptors (Lipinski definition) is 3. The van der Waals surface area contributed by atoms with Gasteiger partial charge in [-0.05, 0) is 30.8 Å². The summed E-state index contributed by atoms with van der Waals surface area (Å²) in [5.74, 6) is 0.962. The molecule has 0 atom stereocenters. The molecule has 5 heteroatoms. The Morgan fingerprint density at radius 2 is 1.89 bits per heavy atom. The molecule has 1 rings (SSSR count). The lowest BCUT2D eigenvalue weighted by atomic mass is 10.3. The van der Waals surface area contributed by atoms with Crippen LogP contribution in [0.15, 0.2) is 28.7 Å². The minimum absolute atomic E-state index is 0.116. The van der Waals surface area contributed by atoms with Gasteiger partial charge in [0.05, 0.1) is 6.54 Å². The molecule has 0 radical (unpaired) electrons. The van der Waals surface area contributed by atoms with E-state index in [1.54, 1.807) is 19.0 Å². The highest BCUT2D eigenvalue weighted by Crippen LogP contribution is 2.15. The largest absolute Gasteiger partial charge is 0.492 e. The number of likely N-dealkylation sites (N-methyl/N-ethyl adjacent to an activating group) is 2. The van der Waals surface area contributed by atoms with Crippen molar-refractivity contribution in [2.75, 3.05) is 40.3 Å². The SMILES string of the molecule is CCN(CCOc1ccc(Br)cc1)CC(=O)N(C)C. The number of amides is 1. The molecule has 4 nitrogen and oxygen atoms in total. The van der Waals surface area contributed by atoms with Crippen molar-refractivity contribution in [3.63, 3.8) is 0 Å². The third-order valence-corrected chi connectivity index (χ3v) is 3.32. The number of carbonyl (C=O) groups excluding carboxylic acids is 1. The van der Waals surface area contributed by atoms with E-state index in [4.69, 9.17) is 4.74 Å². The van der Waals surface area contributed by atoms with Crippen molar-refractivity contribution < 1.29 is 9.53 Å². The summed E-state index contributed by atoms with van der Waals surface area (Å²) in [4.78, 5) is 15.3. The lowest BCUT2D eigenvalue weighted by Gasteiger charge is -2.21. The van der Waals surface area contributed by atoms with Gasteiger partial charge in [-0.2, -0.15) is 0 Å². The Balaban J connectivity index is 2.33. The monoisotopic (exact) mass is 328 g/mol. The van der Waals surface area contributed by atoms with Crippen LogP contribution in [-0.4, -0.2) is 56.0 Å². The van der Waals surface area contributed by atoms with Crippen LogP contribution in [0.1, 0.15) is 6.92 Å². The summed E-state index contributed by atoms with van der Waals surface area (Å²) in [5, 5.41) is 0. The molecule has 0 saturated heterocycles. The summed E-state index contributed by atoms with van der Waals surface area (Å²) in [7, 11) is 3.54. The highest BCUT2D eigenvalue weighted by molar-refractivity contribution is 9.10. The fraction of sp³-hybridized carbons (Fsp3) is 0.500. The lowest BCUT2D eigenvalue weighted by Crippen LogP contribution is -2.38. The van der Waals surface area contributed by atoms with Gasteiger partial charge in [0.25, 0.3) is 0 Å². The van der Waals surface area contributed by atoms with Crippen molar-refractivity contribution >= 4 is 21.8 Å². The highest BCUT2D eigenvalue weighted by Gasteiger charge is 2.10. The normalized spacial score (nSPS) is 10.6. The minimum Gasteiger partial charge on any atom is -0.492 e. The second-order valence-electron chi connectivity index (χ2n) is 4.46. The van der Waals surface area contributed by atoms with Crippen molar-refractivity contribution in [1.29, 1.82) is 0 Å². The summed E-state index contributed by atoms with van der Waals surface area (Å²) in [6, 6.07) is 7.74. The highest BCUT2D eigenvalue weighted by atomic mass is 79.9. The van der Waals surface area contributed by atoms with Crippen LogP contribution in [0.4, 0.5) is 0 Å². The van der Waals surface area contributed by atoms with Gasteiger partial charge in [-0.15, -0.1) is 0 Å². The Hall–Kier alpha value is -1.07. The van der Waals surface area contributed by atoms with Crippen LogP contribution in [0.5, 0.6) is 5.75 Å². The van der Waals surface area contributed by atoms with E-state index in [1.165, 1.54) is 0 Å². The van der Waals surface area contributed by atoms with E-state index in [-0.39, 0.29) is 5.91 Å². The van der Waals surface area contributed by atoms with E-state index >= 15 is 0 Å². The fourth-order valence-corrected chi connectivity index (χ4v) is 1.77. The molecule has 0 unspecified atom stereocenters. The standard InChI is InChI=1S/C14H21BrN2O2/c1-4-17(11-14(18)16(2)3)9-10-19-13-7-5-12(15)6-8-13/h5-8H,4,9-11H2,1-3H3. The molecule has 0 spiro atoms. The van der Waals surface area contributed by atoms with Crippen molar-refractivity contribution in [2.24, 2.45) is 0 Å². The quantitative estimate of drug-likeness (QED) is 0.769. The molecular weight excluding hydrogens is 308 g/mol. The number of rotatable bonds is 7. The molecule has 1 amide bonds. The van der Waals surface area contributed by atoms with Gasteiger partial charge in [0.1, 0.15) is 12.4 Å². The van der Waals surface area contributed by atoms with Crippen LogP contribution in [0.2, 0.25) is 0 Å². The molecule has 0 aliphatic carbocycles. The van der Waals surface area contributed by atoms with Crippen LogP contribution in [0, 0.1) is 0 Å². The van der Waals surface area contributed by atoms with Gasteiger partial charge in [-0.3, -0.25) is 9.69 Å². The maximum absolute atomic E-state index is 11.6. The van der Waals surface area contributed by atoms with Crippen molar-refractivity contribution in [1.82, 2.24) is 9.80 Å². The van der Waals surface area contributed by atoms with E-state index < -0.39 is 0 Å². The first kappa shape index (κ1) is 16.0. The molecule has 1 aromatic rings. The predicted molar refractivity (Wildman–Crippen MR) is 80.4 cm³/mol. The predicted octanol–water partition coefficient (Wildman–Crippen LogP) is 2.24. The molecule has 19 heavy (non-hydrogen) atoms. The van der Waals surface area contributed by atoms with Gasteiger partial charge in [-0.25, -0.2) is 0 Å². The van der Waals surface area contributed by atoms with E-state index in [0.717, 1.165) is 23.3 Å². The van der Waals surface area contributed by atoms with Crippen LogP contribution >= 0.6 is 15.9 Å². The Labute approximate surface area is 123 Å². The van der Waals surface area contributed by atoms with Crippen LogP contribution < -0.4 is 4.74 Å². The zero-order chi connectivity index (χ0) is 14.3. The Morgan fingerprint density at radius 3 is 2.42 bits per heavy atom. The second-order valence-corrected chi connectivity index (χ2v) is 5.37. The zero-order valence-electron chi connectivity index (χ0n) is 11.7. The molecule has 0 bridgehead atoms. The van der Waals surface area contributed by atoms with Gasteiger partial charge in [0, 0.05) is 25.1 Å². The molecule has 0 aliphatic rings. The van der Waals surface area contributed by atoms with E-state index in [1.807, 2.05) is 31.2 Å². The van der Waals surface area contributed by atoms with Gasteiger partial charge in [-0.1, -0.05) is 22.9 Å². The van der Waals surface area contributed by atoms with Crippen molar-refractivity contribution in [2.45, 2.75) is 6.92 Å². The number of halogens is 1. The first-order valence-electron chi connectivity index (χ1n) is 6.33. The molecule has 0 heterocycles. The second kappa shape index (κ2) is 8.17. The minimum atomic E-state index is 0.116. The number of ether oxygens (including phenoxy) is 1. The van der Waals surface area contributed by atoms with Gasteiger partial charge >= 0.3 is 0 Å². The fourth-order valence-electron chi connectivity index (χ4n) is 1.51. The topological polar surface area (TPSA) is 32.8 Å². The summed E-state index contributed by atoms with van der Waals surface area (Å²) in [5.41, 5.74) is 0. The van der Waals surface area contributed by atoms with Crippen molar-refractivity contribution in [3.05, 3.63) is 28.7 Å². The Morgan fingerprint density at radius 1 is 1.26 bits per heavy atom. The van der Waals surface area contributed by atoms with Crippen LogP contribution in [-0.2, 0) is 4.79 Å². The molecule has 106 valence electrons. The van der Waals surface area contributed by atoms with Gasteiger partial charge in [0.2, 0.25) is 5.91 Å². The van der Waals surface area contributed by atoms with E-state index in [2.05, 4.69) is 20.8 Å². The molecule has 0 N–H and O–H groups in total. The number of hydrogen-bond donors (Lipinski definition) is 0. The molecule has 0 aromatic heterocycles.